The van der Waals surface area contributed by atoms with E-state index in [-0.39, 0.29) is 55.0 Å². The number of hydrogen-bond acceptors (Lipinski definition) is 8. The zero-order chi connectivity index (χ0) is 45.8. The molecule has 4 rings (SSSR count). The zero-order valence-electron chi connectivity index (χ0n) is 35.0. The lowest BCUT2D eigenvalue weighted by atomic mass is 9.75. The van der Waals surface area contributed by atoms with Gasteiger partial charge in [-0.3, -0.25) is 33.6 Å². The molecule has 1 aliphatic carbocycles. The largest absolute Gasteiger partial charge is 0.426 e. The van der Waals surface area contributed by atoms with Crippen molar-refractivity contribution in [3.63, 3.8) is 0 Å². The van der Waals surface area contributed by atoms with Gasteiger partial charge >= 0.3 is 6.18 Å². The first-order valence-electron chi connectivity index (χ1n) is 20.2. The van der Waals surface area contributed by atoms with Gasteiger partial charge in [-0.15, -0.1) is 0 Å². The molecule has 3 fully saturated rings. The third-order valence-corrected chi connectivity index (χ3v) is 12.3. The monoisotopic (exact) mass is 907 g/mol. The fraction of sp³-hybridized carbons (Fsp3) is 0.675. The molecule has 7 atom stereocenters. The molecule has 0 unspecified atom stereocenters. The number of amides is 7. The van der Waals surface area contributed by atoms with E-state index in [1.807, 2.05) is 13.8 Å². The molecule has 1 aromatic carbocycles. The third kappa shape index (κ3) is 11.4. The Bertz CT molecular complexity index is 1850. The van der Waals surface area contributed by atoms with Gasteiger partial charge in [0, 0.05) is 43.5 Å². The standard InChI is InChI=1S/C40H55Cl2F4N7O8/c1-21(2)16-27-35(58)52(6)29(18-23-17-24(41)11-12-26(23)42)33(56)50-39(13-9-14-39)36(59)47-15-8-7-10-28(31(54)49-27)51(5)34(57)22(3)48-32(55)30-19-25(43)20-53(30)37(60)38(4,61)40(44,45)46/h11-12,17,21-22,25,27-30,61H,7-10,13-16,18-20H2,1-6H3,(H,47,59)(H,48,55)(H,49,54)(H,50,56)/t22-,25+,27-,28-,29-,30-,38+/m0/s1. The van der Waals surface area contributed by atoms with Crippen molar-refractivity contribution in [1.82, 2.24) is 36.0 Å². The highest BCUT2D eigenvalue weighted by molar-refractivity contribution is 6.33. The van der Waals surface area contributed by atoms with Crippen LogP contribution in [0.4, 0.5) is 17.6 Å². The molecule has 5 N–H and O–H groups in total. The molecular formula is C40H55Cl2F4N7O8. The van der Waals surface area contributed by atoms with E-state index in [9.17, 15) is 56.2 Å². The van der Waals surface area contributed by atoms with Gasteiger partial charge in [0.25, 0.3) is 5.91 Å². The zero-order valence-corrected chi connectivity index (χ0v) is 36.5. The second kappa shape index (κ2) is 19.9. The number of nitrogens with zero attached hydrogens (tertiary/aromatic N) is 3. The Morgan fingerprint density at radius 1 is 1.05 bits per heavy atom. The summed E-state index contributed by atoms with van der Waals surface area (Å²) in [6.45, 7) is 4.31. The molecule has 3 aliphatic rings. The van der Waals surface area contributed by atoms with Crippen molar-refractivity contribution >= 4 is 64.6 Å². The van der Waals surface area contributed by atoms with Crippen molar-refractivity contribution in [2.75, 3.05) is 27.2 Å². The highest BCUT2D eigenvalue weighted by Crippen LogP contribution is 2.35. The van der Waals surface area contributed by atoms with E-state index in [1.165, 1.54) is 25.9 Å². The topological polar surface area (TPSA) is 198 Å². The summed E-state index contributed by atoms with van der Waals surface area (Å²) in [5.41, 5.74) is -4.69. The van der Waals surface area contributed by atoms with Crippen molar-refractivity contribution < 1.29 is 56.2 Å². The molecule has 0 radical (unpaired) electrons. The second-order valence-electron chi connectivity index (χ2n) is 16.8. The number of alkyl halides is 4. The highest BCUT2D eigenvalue weighted by Gasteiger charge is 2.59. The first-order valence-corrected chi connectivity index (χ1v) is 21.0. The fourth-order valence-electron chi connectivity index (χ4n) is 7.76. The lowest BCUT2D eigenvalue weighted by Crippen LogP contribution is -2.66. The average molecular weight is 909 g/mol. The van der Waals surface area contributed by atoms with Gasteiger partial charge in [0.1, 0.15) is 41.9 Å². The van der Waals surface area contributed by atoms with Crippen molar-refractivity contribution in [3.05, 3.63) is 33.8 Å². The quantitative estimate of drug-likeness (QED) is 0.233. The molecule has 2 saturated heterocycles. The van der Waals surface area contributed by atoms with Gasteiger partial charge in [0.15, 0.2) is 0 Å². The molecule has 21 heteroatoms. The lowest BCUT2D eigenvalue weighted by molar-refractivity contribution is -0.250. The van der Waals surface area contributed by atoms with Crippen LogP contribution in [0.25, 0.3) is 0 Å². The normalized spacial score (nSPS) is 25.8. The Morgan fingerprint density at radius 3 is 2.30 bits per heavy atom. The Hall–Kier alpha value is -4.23. The lowest BCUT2D eigenvalue weighted by Gasteiger charge is -2.42. The summed E-state index contributed by atoms with van der Waals surface area (Å²) in [6, 6.07) is -2.28. The number of aliphatic hydroxyl groups is 1. The Labute approximate surface area is 361 Å². The minimum Gasteiger partial charge on any atom is -0.373 e. The van der Waals surface area contributed by atoms with Gasteiger partial charge < -0.3 is 41.1 Å². The molecule has 0 bridgehead atoms. The molecule has 61 heavy (non-hydrogen) atoms. The maximum absolute atomic E-state index is 14.5. The minimum absolute atomic E-state index is 0.0156. The Morgan fingerprint density at radius 2 is 1.70 bits per heavy atom. The van der Waals surface area contributed by atoms with Gasteiger partial charge in [-0.25, -0.2) is 4.39 Å². The maximum Gasteiger partial charge on any atom is 0.426 e. The predicted molar refractivity (Wildman–Crippen MR) is 216 cm³/mol. The van der Waals surface area contributed by atoms with E-state index >= 15 is 0 Å². The number of carbonyl (C=O) groups is 7. The summed E-state index contributed by atoms with van der Waals surface area (Å²) < 4.78 is 54.9. The van der Waals surface area contributed by atoms with Crippen molar-refractivity contribution in [1.29, 1.82) is 0 Å². The van der Waals surface area contributed by atoms with Crippen LogP contribution in [0.3, 0.4) is 0 Å². The smallest absolute Gasteiger partial charge is 0.373 e. The summed E-state index contributed by atoms with van der Waals surface area (Å²) >= 11 is 12.8. The van der Waals surface area contributed by atoms with Crippen LogP contribution in [-0.4, -0.2) is 142 Å². The number of rotatable bonds is 9. The van der Waals surface area contributed by atoms with E-state index in [0.717, 1.165) is 4.90 Å². The second-order valence-corrected chi connectivity index (χ2v) is 17.7. The number of likely N-dealkylation sites (tertiary alicyclic amines) is 1. The summed E-state index contributed by atoms with van der Waals surface area (Å²) in [6.07, 6.45) is -6.00. The van der Waals surface area contributed by atoms with E-state index in [0.29, 0.717) is 36.3 Å². The van der Waals surface area contributed by atoms with Crippen LogP contribution >= 0.6 is 23.2 Å². The van der Waals surface area contributed by atoms with Crippen LogP contribution in [0.5, 0.6) is 0 Å². The first kappa shape index (κ1) is 49.4. The molecule has 2 aliphatic heterocycles. The number of halogens is 6. The summed E-state index contributed by atoms with van der Waals surface area (Å²) in [5, 5.41) is 21.4. The molecule has 2 heterocycles. The van der Waals surface area contributed by atoms with Crippen molar-refractivity contribution in [2.45, 2.75) is 139 Å². The maximum atomic E-state index is 14.5. The number of carbonyl (C=O) groups excluding carboxylic acids is 7. The summed E-state index contributed by atoms with van der Waals surface area (Å²) in [7, 11) is 2.67. The van der Waals surface area contributed by atoms with Gasteiger partial charge in [-0.2, -0.15) is 13.2 Å². The summed E-state index contributed by atoms with van der Waals surface area (Å²) in [5.74, 6) is -6.56. The van der Waals surface area contributed by atoms with Crippen LogP contribution in [0.15, 0.2) is 18.2 Å². The first-order chi connectivity index (χ1) is 28.3. The van der Waals surface area contributed by atoms with E-state index in [1.54, 1.807) is 18.2 Å². The van der Waals surface area contributed by atoms with E-state index < -0.39 is 108 Å². The molecule has 0 aromatic heterocycles. The predicted octanol–water partition coefficient (Wildman–Crippen LogP) is 2.82. The van der Waals surface area contributed by atoms with Crippen LogP contribution in [0.1, 0.15) is 84.6 Å². The van der Waals surface area contributed by atoms with E-state index in [2.05, 4.69) is 21.3 Å². The van der Waals surface area contributed by atoms with Gasteiger partial charge in [0.05, 0.1) is 6.54 Å². The van der Waals surface area contributed by atoms with E-state index in [4.69, 9.17) is 23.2 Å². The average Bonchev–Trinajstić information content (AvgIpc) is 3.56. The molecule has 1 spiro atoms. The third-order valence-electron chi connectivity index (χ3n) is 11.7. The summed E-state index contributed by atoms with van der Waals surface area (Å²) in [4.78, 5) is 98.9. The van der Waals surface area contributed by atoms with Gasteiger partial charge in [-0.05, 0) is 88.5 Å². The number of hydrogen-bond donors (Lipinski definition) is 5. The van der Waals surface area contributed by atoms with Crippen molar-refractivity contribution in [3.8, 4) is 0 Å². The molecular weight excluding hydrogens is 853 g/mol. The minimum atomic E-state index is -5.43. The molecule has 7 amide bonds. The number of likely N-dealkylation sites (N-methyl/N-ethyl adjacent to an activating group) is 2. The number of nitrogens with one attached hydrogen (secondary N) is 4. The Balaban J connectivity index is 1.62. The number of benzene rings is 1. The highest BCUT2D eigenvalue weighted by atomic mass is 35.5. The van der Waals surface area contributed by atoms with Crippen molar-refractivity contribution in [2.24, 2.45) is 5.92 Å². The van der Waals surface area contributed by atoms with Crippen LogP contribution in [0, 0.1) is 5.92 Å². The molecule has 15 nitrogen and oxygen atoms in total. The van der Waals surface area contributed by atoms with Gasteiger partial charge in [-0.1, -0.05) is 37.0 Å². The van der Waals surface area contributed by atoms with Crippen LogP contribution < -0.4 is 21.3 Å². The molecule has 1 saturated carbocycles. The Kier molecular flexibility index (Phi) is 16.1. The van der Waals surface area contributed by atoms with Crippen LogP contribution in [0.2, 0.25) is 10.0 Å². The SMILES string of the molecule is CC(C)C[C@@H]1NC(=O)[C@@H](N(C)C(=O)[C@H](C)NC(=O)[C@@H]2C[C@@H](F)CN2C(=O)[C@@](C)(O)C(F)(F)F)CCCCNC(=O)C2(CCC2)NC(=O)[C@H](Cc2cc(Cl)ccc2Cl)N(C)C1=O. The fourth-order valence-corrected chi connectivity index (χ4v) is 8.14. The molecule has 340 valence electrons. The molecule has 1 aromatic rings. The van der Waals surface area contributed by atoms with Gasteiger partial charge in [0.2, 0.25) is 41.0 Å². The van der Waals surface area contributed by atoms with Crippen LogP contribution in [-0.2, 0) is 40.0 Å².